The van der Waals surface area contributed by atoms with Crippen LogP contribution in [-0.2, 0) is 46.4 Å². The van der Waals surface area contributed by atoms with Gasteiger partial charge in [0.05, 0.1) is 33.0 Å². The van der Waals surface area contributed by atoms with Gasteiger partial charge in [-0.1, -0.05) is 72.8 Å². The van der Waals surface area contributed by atoms with Gasteiger partial charge in [0.15, 0.2) is 12.4 Å². The Labute approximate surface area is 207 Å². The van der Waals surface area contributed by atoms with E-state index in [1.54, 1.807) is 12.2 Å². The van der Waals surface area contributed by atoms with Gasteiger partial charge in [0.25, 0.3) is 0 Å². The second-order valence-corrected chi connectivity index (χ2v) is 8.09. The average molecular weight is 483 g/mol. The molecule has 188 valence electrons. The van der Waals surface area contributed by atoms with Crippen molar-refractivity contribution >= 4 is 5.97 Å². The molecule has 7 heteroatoms. The van der Waals surface area contributed by atoms with Crippen molar-refractivity contribution in [1.82, 2.24) is 0 Å². The Morgan fingerprint density at radius 2 is 1.40 bits per heavy atom. The van der Waals surface area contributed by atoms with Crippen molar-refractivity contribution in [2.75, 3.05) is 19.8 Å². The maximum Gasteiger partial charge on any atom is 0.303 e. The zero-order valence-corrected chi connectivity index (χ0v) is 20.1. The number of hydrogen-bond acceptors (Lipinski definition) is 7. The molecule has 0 aliphatic carbocycles. The van der Waals surface area contributed by atoms with Crippen LogP contribution >= 0.6 is 0 Å². The summed E-state index contributed by atoms with van der Waals surface area (Å²) in [6.07, 6.45) is -0.274. The molecule has 35 heavy (non-hydrogen) atoms. The summed E-state index contributed by atoms with van der Waals surface area (Å²) in [4.78, 5) is 12.1. The predicted octanol–water partition coefficient (Wildman–Crippen LogP) is 4.22. The molecule has 2 aromatic rings. The summed E-state index contributed by atoms with van der Waals surface area (Å²) in [6, 6.07) is 19.5. The highest BCUT2D eigenvalue weighted by Gasteiger charge is 2.50. The standard InChI is InChI=1S/C28H34O7/c1-4-16-30-20-24-25(34-21(3)29)26(32-18-22-12-8-6-9-13-22)27(28(35-24)31-17-5-2)33-19-23-14-10-7-11-15-23/h4-15,24-28H,1-2,16-20H2,3H3/t24-,25-,26+,27-,28+/m1/s1. The van der Waals surface area contributed by atoms with Gasteiger partial charge >= 0.3 is 5.97 Å². The molecule has 5 atom stereocenters. The number of hydrogen-bond donors (Lipinski definition) is 0. The maximum atomic E-state index is 12.1. The molecule has 1 heterocycles. The van der Waals surface area contributed by atoms with Crippen molar-refractivity contribution in [2.24, 2.45) is 0 Å². The van der Waals surface area contributed by atoms with Gasteiger partial charge in [0.2, 0.25) is 0 Å². The Bertz CT molecular complexity index is 902. The first-order chi connectivity index (χ1) is 17.1. The van der Waals surface area contributed by atoms with Crippen molar-refractivity contribution in [1.29, 1.82) is 0 Å². The van der Waals surface area contributed by atoms with Crippen molar-refractivity contribution in [3.63, 3.8) is 0 Å². The van der Waals surface area contributed by atoms with Crippen LogP contribution in [-0.4, -0.2) is 56.5 Å². The lowest BCUT2D eigenvalue weighted by molar-refractivity contribution is -0.320. The third-order valence-electron chi connectivity index (χ3n) is 5.36. The van der Waals surface area contributed by atoms with Gasteiger partial charge < -0.3 is 28.4 Å². The number of carbonyl (C=O) groups is 1. The highest BCUT2D eigenvalue weighted by Crippen LogP contribution is 2.31. The van der Waals surface area contributed by atoms with Gasteiger partial charge in [0.1, 0.15) is 18.3 Å². The summed E-state index contributed by atoms with van der Waals surface area (Å²) >= 11 is 0. The molecule has 0 spiro atoms. The highest BCUT2D eigenvalue weighted by atomic mass is 16.7. The van der Waals surface area contributed by atoms with Gasteiger partial charge in [-0.25, -0.2) is 0 Å². The Morgan fingerprint density at radius 3 is 1.94 bits per heavy atom. The minimum Gasteiger partial charge on any atom is -0.457 e. The molecule has 2 aromatic carbocycles. The monoisotopic (exact) mass is 482 g/mol. The summed E-state index contributed by atoms with van der Waals surface area (Å²) in [5.74, 6) is -0.451. The smallest absolute Gasteiger partial charge is 0.303 e. The average Bonchev–Trinajstić information content (AvgIpc) is 2.87. The van der Waals surface area contributed by atoms with E-state index in [1.807, 2.05) is 60.7 Å². The fourth-order valence-corrected chi connectivity index (χ4v) is 3.81. The van der Waals surface area contributed by atoms with E-state index >= 15 is 0 Å². The van der Waals surface area contributed by atoms with E-state index in [0.29, 0.717) is 19.8 Å². The van der Waals surface area contributed by atoms with Crippen molar-refractivity contribution in [3.8, 4) is 0 Å². The minimum atomic E-state index is -0.790. The van der Waals surface area contributed by atoms with Crippen LogP contribution in [0.3, 0.4) is 0 Å². The molecular weight excluding hydrogens is 448 g/mol. The molecule has 1 aliphatic heterocycles. The Hall–Kier alpha value is -2.81. The molecular formula is C28H34O7. The third-order valence-corrected chi connectivity index (χ3v) is 5.36. The number of ether oxygens (including phenoxy) is 6. The van der Waals surface area contributed by atoms with Gasteiger partial charge in [0, 0.05) is 6.92 Å². The first kappa shape index (κ1) is 26.8. The van der Waals surface area contributed by atoms with Gasteiger partial charge in [-0.3, -0.25) is 4.79 Å². The number of rotatable bonds is 14. The first-order valence-electron chi connectivity index (χ1n) is 11.7. The maximum absolute atomic E-state index is 12.1. The van der Waals surface area contributed by atoms with Crippen LogP contribution in [0.2, 0.25) is 0 Å². The molecule has 1 aliphatic rings. The fourth-order valence-electron chi connectivity index (χ4n) is 3.81. The SMILES string of the molecule is C=CCOC[C@H]1O[C@H](OCC=C)[C@H](OCc2ccccc2)[C@@H](OCc2ccccc2)[C@@H]1OC(C)=O. The quantitative estimate of drug-likeness (QED) is 0.227. The summed E-state index contributed by atoms with van der Waals surface area (Å²) < 4.78 is 36.2. The van der Waals surface area contributed by atoms with Crippen LogP contribution < -0.4 is 0 Å². The summed E-state index contributed by atoms with van der Waals surface area (Å²) in [5, 5.41) is 0. The third kappa shape index (κ3) is 8.42. The number of carbonyl (C=O) groups excluding carboxylic acids is 1. The molecule has 0 saturated carbocycles. The minimum absolute atomic E-state index is 0.161. The van der Waals surface area contributed by atoms with Gasteiger partial charge in [-0.15, -0.1) is 13.2 Å². The zero-order chi connectivity index (χ0) is 24.9. The van der Waals surface area contributed by atoms with E-state index in [-0.39, 0.29) is 13.2 Å². The molecule has 0 N–H and O–H groups in total. The van der Waals surface area contributed by atoms with Crippen molar-refractivity contribution in [2.45, 2.75) is 50.8 Å². The van der Waals surface area contributed by atoms with E-state index in [2.05, 4.69) is 13.2 Å². The molecule has 0 aromatic heterocycles. The second kappa shape index (κ2) is 14.6. The summed E-state index contributed by atoms with van der Waals surface area (Å²) in [5.41, 5.74) is 1.96. The van der Waals surface area contributed by atoms with Crippen LogP contribution in [0.1, 0.15) is 18.1 Å². The van der Waals surface area contributed by atoms with E-state index in [4.69, 9.17) is 28.4 Å². The van der Waals surface area contributed by atoms with Crippen molar-refractivity contribution < 1.29 is 33.2 Å². The van der Waals surface area contributed by atoms with Crippen LogP contribution in [0.5, 0.6) is 0 Å². The topological polar surface area (TPSA) is 72.5 Å². The predicted molar refractivity (Wildman–Crippen MR) is 131 cm³/mol. The molecule has 3 rings (SSSR count). The fraction of sp³-hybridized carbons (Fsp3) is 0.393. The molecule has 0 radical (unpaired) electrons. The van der Waals surface area contributed by atoms with Crippen LogP contribution in [0.15, 0.2) is 86.0 Å². The number of esters is 1. The van der Waals surface area contributed by atoms with Crippen LogP contribution in [0, 0.1) is 0 Å². The highest BCUT2D eigenvalue weighted by molar-refractivity contribution is 5.66. The second-order valence-electron chi connectivity index (χ2n) is 8.09. The molecule has 1 saturated heterocycles. The van der Waals surface area contributed by atoms with Crippen molar-refractivity contribution in [3.05, 3.63) is 97.1 Å². The zero-order valence-electron chi connectivity index (χ0n) is 20.1. The summed E-state index contributed by atoms with van der Waals surface area (Å²) in [7, 11) is 0. The molecule has 7 nitrogen and oxygen atoms in total. The lowest BCUT2D eigenvalue weighted by Crippen LogP contribution is -2.62. The summed E-state index contributed by atoms with van der Waals surface area (Å²) in [6.45, 7) is 10.1. The molecule has 0 bridgehead atoms. The van der Waals surface area contributed by atoms with Crippen LogP contribution in [0.4, 0.5) is 0 Å². The first-order valence-corrected chi connectivity index (χ1v) is 11.7. The molecule has 0 unspecified atom stereocenters. The normalized spacial score (nSPS) is 24.0. The van der Waals surface area contributed by atoms with Crippen LogP contribution in [0.25, 0.3) is 0 Å². The van der Waals surface area contributed by atoms with Gasteiger partial charge in [-0.2, -0.15) is 0 Å². The molecule has 1 fully saturated rings. The van der Waals surface area contributed by atoms with E-state index in [0.717, 1.165) is 11.1 Å². The lowest BCUT2D eigenvalue weighted by atomic mass is 9.98. The lowest BCUT2D eigenvalue weighted by Gasteiger charge is -2.45. The number of benzene rings is 2. The van der Waals surface area contributed by atoms with E-state index in [1.165, 1.54) is 6.92 Å². The Kier molecular flexibility index (Phi) is 11.1. The Morgan fingerprint density at radius 1 is 0.829 bits per heavy atom. The largest absolute Gasteiger partial charge is 0.457 e. The van der Waals surface area contributed by atoms with E-state index < -0.39 is 36.7 Å². The Balaban J connectivity index is 1.89. The molecule has 0 amide bonds. The van der Waals surface area contributed by atoms with E-state index in [9.17, 15) is 4.79 Å². The van der Waals surface area contributed by atoms with Gasteiger partial charge in [-0.05, 0) is 11.1 Å².